The highest BCUT2D eigenvalue weighted by Crippen LogP contribution is 2.22. The largest absolute Gasteiger partial charge is 0.279 e. The van der Waals surface area contributed by atoms with Crippen LogP contribution in [0.4, 0.5) is 10.1 Å². The first kappa shape index (κ1) is 15.2. The third-order valence-corrected chi connectivity index (χ3v) is 4.92. The lowest BCUT2D eigenvalue weighted by Gasteiger charge is -2.06. The fourth-order valence-corrected chi connectivity index (χ4v) is 3.43. The Morgan fingerprint density at radius 2 is 2.00 bits per heavy atom. The number of rotatable bonds is 4. The first-order valence-corrected chi connectivity index (χ1v) is 8.23. The summed E-state index contributed by atoms with van der Waals surface area (Å²) in [6, 6.07) is 8.37. The van der Waals surface area contributed by atoms with Crippen molar-refractivity contribution in [3.05, 3.63) is 56.9 Å². The van der Waals surface area contributed by atoms with Gasteiger partial charge in [-0.25, -0.2) is 12.8 Å². The highest BCUT2D eigenvalue weighted by Gasteiger charge is 2.18. The van der Waals surface area contributed by atoms with Gasteiger partial charge >= 0.3 is 0 Å². The predicted octanol–water partition coefficient (Wildman–Crippen LogP) is 3.50. The molecule has 2 aromatic rings. The second-order valence-electron chi connectivity index (χ2n) is 4.20. The number of nitriles is 1. The maximum absolute atomic E-state index is 12.8. The van der Waals surface area contributed by atoms with Gasteiger partial charge in [0.05, 0.1) is 0 Å². The van der Waals surface area contributed by atoms with E-state index in [4.69, 9.17) is 5.26 Å². The summed E-state index contributed by atoms with van der Waals surface area (Å²) in [7, 11) is -4.00. The molecule has 0 fully saturated rings. The van der Waals surface area contributed by atoms with E-state index in [0.717, 1.165) is 17.7 Å². The molecule has 0 spiro atoms. The molecule has 0 saturated carbocycles. The Kier molecular flexibility index (Phi) is 4.40. The molecule has 0 unspecified atom stereocenters. The van der Waals surface area contributed by atoms with Crippen molar-refractivity contribution in [2.45, 2.75) is 6.92 Å². The first-order chi connectivity index (χ1) is 9.92. The van der Waals surface area contributed by atoms with Gasteiger partial charge in [-0.1, -0.05) is 0 Å². The Morgan fingerprint density at radius 3 is 2.52 bits per heavy atom. The lowest BCUT2D eigenvalue weighted by molar-refractivity contribution is 0.608. The molecule has 0 bridgehead atoms. The smallest absolute Gasteiger partial charge is 0.272 e. The van der Waals surface area contributed by atoms with E-state index in [1.165, 1.54) is 29.5 Å². The average Bonchev–Trinajstić information content (AvgIpc) is 2.83. The normalized spacial score (nSPS) is 12.0. The summed E-state index contributed by atoms with van der Waals surface area (Å²) in [4.78, 5) is 0.313. The quantitative estimate of drug-likeness (QED) is 0.876. The Bertz CT molecular complexity index is 815. The highest BCUT2D eigenvalue weighted by atomic mass is 32.2. The Hall–Kier alpha value is -2.17. The van der Waals surface area contributed by atoms with E-state index < -0.39 is 20.7 Å². The van der Waals surface area contributed by atoms with Crippen LogP contribution in [0, 0.1) is 24.1 Å². The Balaban J connectivity index is 2.33. The molecule has 0 amide bonds. The molecule has 1 aromatic carbocycles. The van der Waals surface area contributed by atoms with Crippen molar-refractivity contribution in [2.75, 3.05) is 4.72 Å². The van der Waals surface area contributed by atoms with Crippen LogP contribution in [0.1, 0.15) is 10.4 Å². The topological polar surface area (TPSA) is 70.0 Å². The maximum atomic E-state index is 12.8. The van der Waals surface area contributed by atoms with Crippen molar-refractivity contribution in [3.8, 4) is 6.07 Å². The van der Waals surface area contributed by atoms with E-state index in [9.17, 15) is 12.8 Å². The molecule has 1 aromatic heterocycles. The molecular formula is C14H11FN2O2S2. The van der Waals surface area contributed by atoms with E-state index >= 15 is 0 Å². The molecule has 0 aliphatic heterocycles. The number of thiophene rings is 1. The van der Waals surface area contributed by atoms with Gasteiger partial charge in [-0.05, 0) is 54.3 Å². The van der Waals surface area contributed by atoms with Gasteiger partial charge in [-0.15, -0.1) is 11.3 Å². The third-order valence-electron chi connectivity index (χ3n) is 2.66. The van der Waals surface area contributed by atoms with Crippen LogP contribution in [0.5, 0.6) is 0 Å². The van der Waals surface area contributed by atoms with E-state index in [2.05, 4.69) is 4.72 Å². The lowest BCUT2D eigenvalue weighted by Crippen LogP contribution is -2.14. The summed E-state index contributed by atoms with van der Waals surface area (Å²) >= 11 is 1.35. The molecule has 2 rings (SSSR count). The minimum Gasteiger partial charge on any atom is -0.279 e. The van der Waals surface area contributed by atoms with Crippen molar-refractivity contribution < 1.29 is 12.8 Å². The fraction of sp³-hybridized carbons (Fsp3) is 0.0714. The summed E-state index contributed by atoms with van der Waals surface area (Å²) in [6.07, 6.45) is 1.33. The van der Waals surface area contributed by atoms with Gasteiger partial charge in [0.25, 0.3) is 10.0 Å². The minimum absolute atomic E-state index is 0.195. The maximum Gasteiger partial charge on any atom is 0.272 e. The van der Waals surface area contributed by atoms with E-state index in [1.807, 2.05) is 18.4 Å². The summed E-state index contributed by atoms with van der Waals surface area (Å²) in [5, 5.41) is 10.9. The number of hydrogen-bond acceptors (Lipinski definition) is 4. The number of halogens is 1. The van der Waals surface area contributed by atoms with Crippen LogP contribution in [-0.4, -0.2) is 8.42 Å². The van der Waals surface area contributed by atoms with Crippen LogP contribution in [-0.2, 0) is 10.0 Å². The zero-order valence-corrected chi connectivity index (χ0v) is 12.6. The summed E-state index contributed by atoms with van der Waals surface area (Å²) in [5.41, 5.74) is 1.09. The van der Waals surface area contributed by atoms with Gasteiger partial charge < -0.3 is 0 Å². The zero-order chi connectivity index (χ0) is 15.5. The molecule has 21 heavy (non-hydrogen) atoms. The van der Waals surface area contributed by atoms with Crippen molar-refractivity contribution in [3.63, 3.8) is 0 Å². The van der Waals surface area contributed by atoms with E-state index in [0.29, 0.717) is 4.88 Å². The average molecular weight is 322 g/mol. The molecule has 0 aliphatic rings. The molecular weight excluding hydrogens is 311 g/mol. The van der Waals surface area contributed by atoms with Crippen LogP contribution < -0.4 is 4.72 Å². The van der Waals surface area contributed by atoms with Gasteiger partial charge in [0.1, 0.15) is 11.9 Å². The van der Waals surface area contributed by atoms with Gasteiger partial charge in [0, 0.05) is 10.6 Å². The third kappa shape index (κ3) is 3.68. The Labute approximate surface area is 126 Å². The number of aryl methyl sites for hydroxylation is 1. The standard InChI is InChI=1S/C14H11FN2O2S2/c1-10-6-7-20-14(10)8-13(9-16)21(18,19)17-12-4-2-11(15)3-5-12/h2-8,17H,1H3/b13-8-. The highest BCUT2D eigenvalue weighted by molar-refractivity contribution is 7.97. The van der Waals surface area contributed by atoms with Crippen LogP contribution in [0.3, 0.4) is 0 Å². The fourth-order valence-electron chi connectivity index (χ4n) is 1.55. The van der Waals surface area contributed by atoms with Crippen LogP contribution >= 0.6 is 11.3 Å². The number of allylic oxidation sites excluding steroid dienone is 1. The molecule has 4 nitrogen and oxygen atoms in total. The van der Waals surface area contributed by atoms with Crippen molar-refractivity contribution in [1.82, 2.24) is 0 Å². The predicted molar refractivity (Wildman–Crippen MR) is 81.6 cm³/mol. The van der Waals surface area contributed by atoms with Crippen LogP contribution in [0.25, 0.3) is 6.08 Å². The molecule has 1 N–H and O–H groups in total. The van der Waals surface area contributed by atoms with Crippen LogP contribution in [0.15, 0.2) is 40.6 Å². The van der Waals surface area contributed by atoms with Gasteiger partial charge in [0.2, 0.25) is 0 Å². The molecule has 7 heteroatoms. The Morgan fingerprint density at radius 1 is 1.33 bits per heavy atom. The molecule has 0 saturated heterocycles. The molecule has 0 aliphatic carbocycles. The van der Waals surface area contributed by atoms with Crippen molar-refractivity contribution in [1.29, 1.82) is 5.26 Å². The van der Waals surface area contributed by atoms with Crippen molar-refractivity contribution >= 4 is 33.1 Å². The monoisotopic (exact) mass is 322 g/mol. The number of sulfonamides is 1. The number of anilines is 1. The SMILES string of the molecule is Cc1ccsc1/C=C(/C#N)S(=O)(=O)Nc1ccc(F)cc1. The summed E-state index contributed by atoms with van der Waals surface area (Å²) < 4.78 is 39.4. The van der Waals surface area contributed by atoms with Crippen molar-refractivity contribution in [2.24, 2.45) is 0 Å². The zero-order valence-electron chi connectivity index (χ0n) is 11.0. The van der Waals surface area contributed by atoms with E-state index in [-0.39, 0.29) is 5.69 Å². The van der Waals surface area contributed by atoms with E-state index in [1.54, 1.807) is 6.07 Å². The summed E-state index contributed by atoms with van der Waals surface area (Å²) in [6.45, 7) is 1.83. The van der Waals surface area contributed by atoms with Gasteiger partial charge in [-0.3, -0.25) is 4.72 Å². The lowest BCUT2D eigenvalue weighted by atomic mass is 10.3. The number of benzene rings is 1. The minimum atomic E-state index is -4.00. The number of nitrogens with one attached hydrogen (secondary N) is 1. The molecule has 0 radical (unpaired) electrons. The van der Waals surface area contributed by atoms with Crippen LogP contribution in [0.2, 0.25) is 0 Å². The molecule has 0 atom stereocenters. The first-order valence-electron chi connectivity index (χ1n) is 5.86. The number of nitrogens with zero attached hydrogens (tertiary/aromatic N) is 1. The van der Waals surface area contributed by atoms with Gasteiger partial charge in [-0.2, -0.15) is 5.26 Å². The second kappa shape index (κ2) is 6.08. The number of hydrogen-bond donors (Lipinski definition) is 1. The molecule has 1 heterocycles. The molecule has 108 valence electrons. The van der Waals surface area contributed by atoms with Gasteiger partial charge in [0.15, 0.2) is 4.91 Å². The second-order valence-corrected chi connectivity index (χ2v) is 6.80. The summed E-state index contributed by atoms with van der Waals surface area (Å²) in [5.74, 6) is -0.469.